The number of ether oxygens (including phenoxy) is 1. The van der Waals surface area contributed by atoms with Crippen LogP contribution in [0.2, 0.25) is 5.02 Å². The minimum Gasteiger partial charge on any atom is -0.394 e. The van der Waals surface area contributed by atoms with Crippen molar-refractivity contribution in [3.05, 3.63) is 55.7 Å². The van der Waals surface area contributed by atoms with Crippen molar-refractivity contribution in [2.24, 2.45) is 0 Å². The van der Waals surface area contributed by atoms with Crippen LogP contribution in [0.5, 0.6) is 0 Å². The van der Waals surface area contributed by atoms with Crippen molar-refractivity contribution in [1.82, 2.24) is 19.1 Å². The van der Waals surface area contributed by atoms with Crippen molar-refractivity contribution in [3.63, 3.8) is 0 Å². The summed E-state index contributed by atoms with van der Waals surface area (Å²) in [7, 11) is 0. The van der Waals surface area contributed by atoms with Gasteiger partial charge >= 0.3 is 5.69 Å². The third-order valence-corrected chi connectivity index (χ3v) is 5.06. The molecule has 3 heterocycles. The number of nitrogens with zero attached hydrogens (tertiary/aromatic N) is 3. The number of halogens is 2. The van der Waals surface area contributed by atoms with E-state index in [9.17, 15) is 24.2 Å². The summed E-state index contributed by atoms with van der Waals surface area (Å²) >= 11 is 5.88. The zero-order valence-electron chi connectivity index (χ0n) is 14.8. The molecule has 1 aliphatic rings. The van der Waals surface area contributed by atoms with E-state index in [2.05, 4.69) is 9.97 Å². The summed E-state index contributed by atoms with van der Waals surface area (Å²) in [4.78, 5) is 32.0. The van der Waals surface area contributed by atoms with E-state index < -0.39 is 42.5 Å². The van der Waals surface area contributed by atoms with Crippen LogP contribution in [0.1, 0.15) is 11.8 Å². The standard InChI is InChI=1S/C17H17ClFN5O5/c18-8-3-1-7(2-4-8)5-23-11-13(21-16(20)22-14(11)27)24(17(23)28)15-12(26)10(19)9(6-25)29-15/h1-4,9-10,12,15,25-26H,5-6H2,(H3,20,21,22,27)/t9-,10-,12-,15-/m1/s1. The Kier molecular flexibility index (Phi) is 4.90. The molecule has 3 aromatic rings. The smallest absolute Gasteiger partial charge is 0.333 e. The highest BCUT2D eigenvalue weighted by atomic mass is 35.5. The number of alkyl halides is 1. The Labute approximate surface area is 166 Å². The molecule has 1 saturated heterocycles. The van der Waals surface area contributed by atoms with Crippen LogP contribution in [0.25, 0.3) is 11.2 Å². The molecule has 1 aromatic carbocycles. The van der Waals surface area contributed by atoms with Crippen molar-refractivity contribution < 1.29 is 19.3 Å². The van der Waals surface area contributed by atoms with Crippen LogP contribution in [0.15, 0.2) is 33.9 Å². The average Bonchev–Trinajstić information content (AvgIpc) is 3.11. The lowest BCUT2D eigenvalue weighted by molar-refractivity contribution is -0.0513. The number of aliphatic hydroxyl groups excluding tert-OH is 2. The number of H-pyrrole nitrogens is 1. The number of benzene rings is 1. The van der Waals surface area contributed by atoms with E-state index in [0.29, 0.717) is 10.6 Å². The molecule has 0 saturated carbocycles. The van der Waals surface area contributed by atoms with Gasteiger partial charge in [0.2, 0.25) is 5.95 Å². The monoisotopic (exact) mass is 425 g/mol. The predicted octanol–water partition coefficient (Wildman–Crippen LogP) is -0.241. The van der Waals surface area contributed by atoms with E-state index in [-0.39, 0.29) is 23.7 Å². The van der Waals surface area contributed by atoms with Crippen LogP contribution in [0, 0.1) is 0 Å². The molecular weight excluding hydrogens is 409 g/mol. The number of aromatic nitrogens is 4. The number of rotatable bonds is 4. The molecule has 1 aliphatic heterocycles. The van der Waals surface area contributed by atoms with E-state index in [0.717, 1.165) is 9.13 Å². The van der Waals surface area contributed by atoms with Gasteiger partial charge in [-0.3, -0.25) is 14.3 Å². The third kappa shape index (κ3) is 3.21. The van der Waals surface area contributed by atoms with Gasteiger partial charge in [0, 0.05) is 5.02 Å². The highest BCUT2D eigenvalue weighted by Gasteiger charge is 2.46. The van der Waals surface area contributed by atoms with Crippen LogP contribution in [0.4, 0.5) is 10.3 Å². The van der Waals surface area contributed by atoms with Gasteiger partial charge in [-0.05, 0) is 17.7 Å². The number of aliphatic hydroxyl groups is 2. The fraction of sp³-hybridized carbons (Fsp3) is 0.353. The number of imidazole rings is 1. The first-order valence-corrected chi connectivity index (χ1v) is 9.03. The van der Waals surface area contributed by atoms with Crippen molar-refractivity contribution in [3.8, 4) is 0 Å². The van der Waals surface area contributed by atoms with Gasteiger partial charge in [0.25, 0.3) is 5.56 Å². The number of anilines is 1. The summed E-state index contributed by atoms with van der Waals surface area (Å²) in [6.07, 6.45) is -6.49. The lowest BCUT2D eigenvalue weighted by atomic mass is 10.1. The molecule has 10 nitrogen and oxygen atoms in total. The fourth-order valence-corrected chi connectivity index (χ4v) is 3.54. The van der Waals surface area contributed by atoms with E-state index in [1.165, 1.54) is 0 Å². The summed E-state index contributed by atoms with van der Waals surface area (Å²) in [6.45, 7) is -0.706. The second-order valence-corrected chi connectivity index (χ2v) is 7.11. The first kappa shape index (κ1) is 19.6. The molecule has 1 fully saturated rings. The van der Waals surface area contributed by atoms with Crippen LogP contribution in [-0.4, -0.2) is 54.3 Å². The topological polar surface area (TPSA) is 148 Å². The quantitative estimate of drug-likeness (QED) is 0.450. The van der Waals surface area contributed by atoms with E-state index in [1.807, 2.05) is 0 Å². The van der Waals surface area contributed by atoms with Gasteiger partial charge in [0.15, 0.2) is 23.6 Å². The average molecular weight is 426 g/mol. The largest absolute Gasteiger partial charge is 0.394 e. The second-order valence-electron chi connectivity index (χ2n) is 6.67. The van der Waals surface area contributed by atoms with Gasteiger partial charge in [-0.1, -0.05) is 23.7 Å². The molecular formula is C17H17ClFN5O5. The summed E-state index contributed by atoms with van der Waals surface area (Å²) in [5.74, 6) is -0.261. The summed E-state index contributed by atoms with van der Waals surface area (Å²) in [6, 6.07) is 6.62. The molecule has 0 radical (unpaired) electrons. The lowest BCUT2D eigenvalue weighted by Crippen LogP contribution is -2.34. The van der Waals surface area contributed by atoms with Crippen LogP contribution in [0.3, 0.4) is 0 Å². The molecule has 4 rings (SSSR count). The second kappa shape index (κ2) is 7.26. The molecule has 5 N–H and O–H groups in total. The Hall–Kier alpha value is -2.73. The maximum atomic E-state index is 14.2. The summed E-state index contributed by atoms with van der Waals surface area (Å²) < 4.78 is 21.6. The highest BCUT2D eigenvalue weighted by molar-refractivity contribution is 6.30. The minimum atomic E-state index is -1.93. The highest BCUT2D eigenvalue weighted by Crippen LogP contribution is 2.32. The number of nitrogens with two attached hydrogens (primary N) is 1. The zero-order chi connectivity index (χ0) is 20.9. The maximum Gasteiger partial charge on any atom is 0.333 e. The molecule has 0 amide bonds. The molecule has 0 spiro atoms. The number of nitrogen functional groups attached to an aromatic ring is 1. The van der Waals surface area contributed by atoms with E-state index in [4.69, 9.17) is 22.1 Å². The fourth-order valence-electron chi connectivity index (χ4n) is 3.42. The molecule has 12 heteroatoms. The Morgan fingerprint density at radius 1 is 1.31 bits per heavy atom. The Balaban J connectivity index is 1.92. The Bertz CT molecular complexity index is 1170. The van der Waals surface area contributed by atoms with Crippen LogP contribution < -0.4 is 17.0 Å². The summed E-state index contributed by atoms with van der Waals surface area (Å²) in [5.41, 5.74) is 4.56. The van der Waals surface area contributed by atoms with Crippen LogP contribution in [-0.2, 0) is 11.3 Å². The molecule has 29 heavy (non-hydrogen) atoms. The van der Waals surface area contributed by atoms with Gasteiger partial charge in [0.05, 0.1) is 13.2 Å². The third-order valence-electron chi connectivity index (χ3n) is 4.81. The van der Waals surface area contributed by atoms with Gasteiger partial charge in [-0.2, -0.15) is 4.98 Å². The molecule has 0 unspecified atom stereocenters. The maximum absolute atomic E-state index is 14.2. The van der Waals surface area contributed by atoms with Crippen molar-refractivity contribution in [2.45, 2.75) is 31.2 Å². The Morgan fingerprint density at radius 2 is 2.00 bits per heavy atom. The van der Waals surface area contributed by atoms with Gasteiger partial charge in [0.1, 0.15) is 12.2 Å². The van der Waals surface area contributed by atoms with E-state index in [1.54, 1.807) is 24.3 Å². The number of hydrogen-bond acceptors (Lipinski definition) is 7. The van der Waals surface area contributed by atoms with Gasteiger partial charge in [-0.25, -0.2) is 13.8 Å². The Morgan fingerprint density at radius 3 is 2.62 bits per heavy atom. The van der Waals surface area contributed by atoms with Crippen LogP contribution >= 0.6 is 11.6 Å². The molecule has 2 aromatic heterocycles. The van der Waals surface area contributed by atoms with Crippen molar-refractivity contribution in [2.75, 3.05) is 12.3 Å². The molecule has 154 valence electrons. The summed E-state index contributed by atoms with van der Waals surface area (Å²) in [5, 5.41) is 20.0. The number of fused-ring (bicyclic) bond motifs is 1. The molecule has 4 atom stereocenters. The van der Waals surface area contributed by atoms with Crippen molar-refractivity contribution in [1.29, 1.82) is 0 Å². The molecule has 0 aliphatic carbocycles. The van der Waals surface area contributed by atoms with E-state index >= 15 is 0 Å². The van der Waals surface area contributed by atoms with Crippen molar-refractivity contribution >= 4 is 28.7 Å². The number of nitrogens with one attached hydrogen (secondary N) is 1. The first-order valence-electron chi connectivity index (χ1n) is 8.65. The SMILES string of the molecule is Nc1nc2c(c(=O)[nH]1)n(Cc1ccc(Cl)cc1)c(=O)n2[C@@H]1O[C@H](CO)[C@@H](F)[C@H]1O. The lowest BCUT2D eigenvalue weighted by Gasteiger charge is -2.15. The number of hydrogen-bond donors (Lipinski definition) is 4. The minimum absolute atomic E-state index is 0.0144. The normalized spacial score (nSPS) is 24.4. The number of aromatic amines is 1. The predicted molar refractivity (Wildman–Crippen MR) is 101 cm³/mol. The first-order chi connectivity index (χ1) is 13.8. The molecule has 0 bridgehead atoms. The van der Waals surface area contributed by atoms with Gasteiger partial charge < -0.3 is 20.7 Å². The zero-order valence-corrected chi connectivity index (χ0v) is 15.6. The van der Waals surface area contributed by atoms with Gasteiger partial charge in [-0.15, -0.1) is 0 Å².